The number of rotatable bonds is 2. The summed E-state index contributed by atoms with van der Waals surface area (Å²) in [5.74, 6) is 1.64. The van der Waals surface area contributed by atoms with Crippen molar-refractivity contribution in [3.63, 3.8) is 0 Å². The van der Waals surface area contributed by atoms with Crippen LogP contribution in [0.2, 0.25) is 0 Å². The molecule has 0 aromatic carbocycles. The third-order valence-corrected chi connectivity index (χ3v) is 3.05. The third-order valence-electron chi connectivity index (χ3n) is 2.69. The van der Waals surface area contributed by atoms with E-state index in [-0.39, 0.29) is 0 Å². The van der Waals surface area contributed by atoms with E-state index in [0.29, 0.717) is 6.04 Å². The zero-order valence-corrected chi connectivity index (χ0v) is 9.22. The molecule has 3 heteroatoms. The summed E-state index contributed by atoms with van der Waals surface area (Å²) in [5, 5.41) is 0. The van der Waals surface area contributed by atoms with E-state index < -0.39 is 0 Å². The average Bonchev–Trinajstić information content (AvgIpc) is 2.04. The van der Waals surface area contributed by atoms with Gasteiger partial charge >= 0.3 is 0 Å². The first kappa shape index (κ1) is 10.4. The fraction of sp³-hybridized carbons (Fsp3) is 1.00. The fourth-order valence-electron chi connectivity index (χ4n) is 1.80. The van der Waals surface area contributed by atoms with E-state index in [2.05, 4.69) is 43.3 Å². The Balaban J connectivity index is 2.52. The minimum absolute atomic E-state index is 0.696. The lowest BCUT2D eigenvalue weighted by Gasteiger charge is -2.41. The summed E-state index contributed by atoms with van der Waals surface area (Å²) in [5.41, 5.74) is 0. The largest absolute Gasteiger partial charge is 0.304 e. The topological polar surface area (TPSA) is 6.48 Å². The molecule has 1 aliphatic rings. The van der Waals surface area contributed by atoms with Gasteiger partial charge in [-0.25, -0.2) is 0 Å². The molecule has 1 atom stereocenters. The van der Waals surface area contributed by atoms with Crippen LogP contribution in [-0.4, -0.2) is 48.4 Å². The van der Waals surface area contributed by atoms with Crippen molar-refractivity contribution in [3.8, 4) is 0 Å². The van der Waals surface area contributed by atoms with E-state index in [4.69, 9.17) is 0 Å². The van der Waals surface area contributed by atoms with E-state index in [9.17, 15) is 0 Å². The van der Waals surface area contributed by atoms with Gasteiger partial charge in [-0.05, 0) is 13.0 Å². The Morgan fingerprint density at radius 1 is 1.42 bits per heavy atom. The lowest BCUT2D eigenvalue weighted by atomic mass is 10.0. The molecule has 1 rings (SSSR count). The van der Waals surface area contributed by atoms with Crippen LogP contribution < -0.4 is 0 Å². The molecule has 0 radical (unpaired) electrons. The van der Waals surface area contributed by atoms with Crippen molar-refractivity contribution in [2.24, 2.45) is 5.92 Å². The molecule has 0 N–H and O–H groups in total. The monoisotopic (exact) mass is 188 g/mol. The number of likely N-dealkylation sites (N-methyl/N-ethyl adjacent to an activating group) is 1. The Bertz CT molecular complexity index is 138. The first-order valence-corrected chi connectivity index (χ1v) is 5.32. The lowest BCUT2D eigenvalue weighted by molar-refractivity contribution is 0.0807. The van der Waals surface area contributed by atoms with Crippen molar-refractivity contribution in [2.75, 3.05) is 32.6 Å². The maximum absolute atomic E-state index is 4.35. The second-order valence-corrected chi connectivity index (χ2v) is 4.31. The van der Waals surface area contributed by atoms with Crippen LogP contribution >= 0.6 is 12.6 Å². The maximum Gasteiger partial charge on any atom is 0.0418 e. The molecule has 0 saturated carbocycles. The van der Waals surface area contributed by atoms with Gasteiger partial charge in [0, 0.05) is 31.6 Å². The summed E-state index contributed by atoms with van der Waals surface area (Å²) < 4.78 is 0. The van der Waals surface area contributed by atoms with E-state index in [1.807, 2.05) is 0 Å². The average molecular weight is 188 g/mol. The van der Waals surface area contributed by atoms with Crippen LogP contribution in [0.15, 0.2) is 0 Å². The molecule has 12 heavy (non-hydrogen) atoms. The Morgan fingerprint density at radius 2 is 2.08 bits per heavy atom. The lowest BCUT2D eigenvalue weighted by Crippen LogP contribution is -2.53. The zero-order valence-electron chi connectivity index (χ0n) is 8.32. The molecule has 1 aliphatic heterocycles. The first-order valence-electron chi connectivity index (χ1n) is 4.68. The van der Waals surface area contributed by atoms with Gasteiger partial charge in [0.2, 0.25) is 0 Å². The summed E-state index contributed by atoms with van der Waals surface area (Å²) in [6.07, 6.45) is 0. The number of piperazine rings is 1. The maximum atomic E-state index is 4.35. The van der Waals surface area contributed by atoms with Crippen molar-refractivity contribution < 1.29 is 0 Å². The minimum atomic E-state index is 0.696. The van der Waals surface area contributed by atoms with Crippen molar-refractivity contribution >= 4 is 12.6 Å². The van der Waals surface area contributed by atoms with Crippen LogP contribution in [0.5, 0.6) is 0 Å². The normalized spacial score (nSPS) is 28.2. The van der Waals surface area contributed by atoms with Crippen LogP contribution in [0.3, 0.4) is 0 Å². The summed E-state index contributed by atoms with van der Waals surface area (Å²) in [6, 6.07) is 0.696. The molecule has 0 aromatic rings. The summed E-state index contributed by atoms with van der Waals surface area (Å²) in [7, 11) is 2.20. The van der Waals surface area contributed by atoms with Crippen LogP contribution in [0.4, 0.5) is 0 Å². The van der Waals surface area contributed by atoms with Gasteiger partial charge in [0.15, 0.2) is 0 Å². The number of hydrogen-bond acceptors (Lipinski definition) is 3. The summed E-state index contributed by atoms with van der Waals surface area (Å²) >= 11 is 4.35. The molecule has 0 aromatic heterocycles. The Labute approximate surface area is 81.3 Å². The van der Waals surface area contributed by atoms with Crippen LogP contribution in [0.1, 0.15) is 13.8 Å². The van der Waals surface area contributed by atoms with E-state index in [1.54, 1.807) is 0 Å². The predicted octanol–water partition coefficient (Wildman–Crippen LogP) is 1.15. The van der Waals surface area contributed by atoms with Crippen molar-refractivity contribution in [3.05, 3.63) is 0 Å². The van der Waals surface area contributed by atoms with Crippen molar-refractivity contribution in [1.82, 2.24) is 9.80 Å². The van der Waals surface area contributed by atoms with E-state index in [0.717, 1.165) is 11.8 Å². The van der Waals surface area contributed by atoms with Crippen molar-refractivity contribution in [1.29, 1.82) is 0 Å². The highest BCUT2D eigenvalue weighted by Gasteiger charge is 2.26. The molecule has 72 valence electrons. The molecule has 1 saturated heterocycles. The first-order chi connectivity index (χ1) is 5.65. The Kier molecular flexibility index (Phi) is 3.87. The van der Waals surface area contributed by atoms with Gasteiger partial charge in [-0.1, -0.05) is 13.8 Å². The van der Waals surface area contributed by atoms with E-state index in [1.165, 1.54) is 19.6 Å². The molecular weight excluding hydrogens is 168 g/mol. The van der Waals surface area contributed by atoms with Gasteiger partial charge in [0.1, 0.15) is 0 Å². The van der Waals surface area contributed by atoms with Gasteiger partial charge in [0.25, 0.3) is 0 Å². The fourth-order valence-corrected chi connectivity index (χ4v) is 2.15. The van der Waals surface area contributed by atoms with Crippen LogP contribution in [0.25, 0.3) is 0 Å². The van der Waals surface area contributed by atoms with Gasteiger partial charge < -0.3 is 4.90 Å². The third kappa shape index (κ3) is 2.38. The van der Waals surface area contributed by atoms with Crippen LogP contribution in [-0.2, 0) is 0 Å². The highest BCUT2D eigenvalue weighted by molar-refractivity contribution is 7.80. The molecule has 0 bridgehead atoms. The van der Waals surface area contributed by atoms with Crippen molar-refractivity contribution in [2.45, 2.75) is 19.9 Å². The molecule has 1 heterocycles. The van der Waals surface area contributed by atoms with Crippen LogP contribution in [0, 0.1) is 5.92 Å². The summed E-state index contributed by atoms with van der Waals surface area (Å²) in [4.78, 5) is 4.87. The number of hydrogen-bond donors (Lipinski definition) is 1. The van der Waals surface area contributed by atoms with E-state index >= 15 is 0 Å². The number of thiol groups is 1. The highest BCUT2D eigenvalue weighted by atomic mass is 32.1. The quantitative estimate of drug-likeness (QED) is 0.649. The van der Waals surface area contributed by atoms with Gasteiger partial charge in [-0.2, -0.15) is 12.6 Å². The zero-order chi connectivity index (χ0) is 9.14. The molecular formula is C9H20N2S. The molecule has 0 spiro atoms. The minimum Gasteiger partial charge on any atom is -0.304 e. The predicted molar refractivity (Wildman–Crippen MR) is 56.7 cm³/mol. The molecule has 2 nitrogen and oxygen atoms in total. The number of nitrogens with zero attached hydrogens (tertiary/aromatic N) is 2. The standard InChI is InChI=1S/C9H20N2S/c1-8(2)9-6-10(3)4-5-11(9)7-12/h8-9,12H,4-7H2,1-3H3/t9-/m1/s1. The van der Waals surface area contributed by atoms with Gasteiger partial charge in [-0.3, -0.25) is 4.90 Å². The second kappa shape index (κ2) is 4.49. The molecule has 0 aliphatic carbocycles. The summed E-state index contributed by atoms with van der Waals surface area (Å²) in [6.45, 7) is 8.13. The highest BCUT2D eigenvalue weighted by Crippen LogP contribution is 2.16. The smallest absolute Gasteiger partial charge is 0.0418 e. The SMILES string of the molecule is CC(C)[C@H]1CN(C)CCN1CS. The molecule has 0 unspecified atom stereocenters. The Morgan fingerprint density at radius 3 is 2.58 bits per heavy atom. The Hall–Kier alpha value is 0.270. The molecule has 0 amide bonds. The van der Waals surface area contributed by atoms with Gasteiger partial charge in [-0.15, -0.1) is 0 Å². The van der Waals surface area contributed by atoms with Gasteiger partial charge in [0.05, 0.1) is 0 Å². The second-order valence-electron chi connectivity index (χ2n) is 4.03. The molecule has 1 fully saturated rings.